The van der Waals surface area contributed by atoms with Crippen molar-refractivity contribution < 1.29 is 4.74 Å². The second-order valence-corrected chi connectivity index (χ2v) is 9.08. The summed E-state index contributed by atoms with van der Waals surface area (Å²) in [4.78, 5) is 18.2. The van der Waals surface area contributed by atoms with E-state index >= 15 is 0 Å². The average Bonchev–Trinajstić information content (AvgIpc) is 2.80. The summed E-state index contributed by atoms with van der Waals surface area (Å²) in [6.45, 7) is 4.64. The van der Waals surface area contributed by atoms with Crippen molar-refractivity contribution in [1.82, 2.24) is 9.88 Å². The molecule has 0 spiro atoms. The second kappa shape index (κ2) is 9.74. The zero-order valence-electron chi connectivity index (χ0n) is 19.0. The molecule has 1 aliphatic carbocycles. The van der Waals surface area contributed by atoms with E-state index in [1.165, 1.54) is 30.4 Å². The lowest BCUT2D eigenvalue weighted by Gasteiger charge is -2.36. The number of para-hydroxylation sites is 2. The molecule has 0 aliphatic heterocycles. The molecular formula is C26H31N3O2S. The highest BCUT2D eigenvalue weighted by Crippen LogP contribution is 2.28. The summed E-state index contributed by atoms with van der Waals surface area (Å²) in [5.41, 5.74) is 4.78. The number of fused-ring (bicyclic) bond motifs is 1. The van der Waals surface area contributed by atoms with E-state index in [1.807, 2.05) is 36.4 Å². The lowest BCUT2D eigenvalue weighted by molar-refractivity contribution is 0.240. The van der Waals surface area contributed by atoms with Gasteiger partial charge in [-0.15, -0.1) is 0 Å². The number of benzene rings is 2. The molecule has 6 heteroatoms. The van der Waals surface area contributed by atoms with Gasteiger partial charge in [-0.3, -0.25) is 4.79 Å². The van der Waals surface area contributed by atoms with Crippen molar-refractivity contribution >= 4 is 33.9 Å². The van der Waals surface area contributed by atoms with Crippen molar-refractivity contribution in [3.8, 4) is 5.75 Å². The molecule has 0 atom stereocenters. The Kier molecular flexibility index (Phi) is 6.80. The Hall–Kier alpha value is -2.86. The van der Waals surface area contributed by atoms with Crippen LogP contribution in [0.15, 0.2) is 47.3 Å². The maximum absolute atomic E-state index is 13.0. The Balaban J connectivity index is 1.66. The van der Waals surface area contributed by atoms with Crippen LogP contribution < -0.4 is 15.6 Å². The number of ether oxygens (including phenoxy) is 1. The molecule has 2 aromatic carbocycles. The third-order valence-corrected chi connectivity index (χ3v) is 6.84. The monoisotopic (exact) mass is 449 g/mol. The molecule has 0 radical (unpaired) electrons. The molecule has 3 aromatic rings. The maximum atomic E-state index is 13.0. The summed E-state index contributed by atoms with van der Waals surface area (Å²) in [5.74, 6) is 0.743. The molecular weight excluding hydrogens is 418 g/mol. The van der Waals surface area contributed by atoms with E-state index in [0.29, 0.717) is 17.7 Å². The van der Waals surface area contributed by atoms with E-state index < -0.39 is 0 Å². The number of nitrogens with one attached hydrogen (secondary N) is 2. The van der Waals surface area contributed by atoms with Crippen molar-refractivity contribution in [2.24, 2.45) is 0 Å². The van der Waals surface area contributed by atoms with Gasteiger partial charge in [0.1, 0.15) is 5.75 Å². The molecule has 5 nitrogen and oxygen atoms in total. The van der Waals surface area contributed by atoms with E-state index in [9.17, 15) is 4.79 Å². The van der Waals surface area contributed by atoms with Crippen molar-refractivity contribution in [3.05, 3.63) is 69.5 Å². The second-order valence-electron chi connectivity index (χ2n) is 8.70. The van der Waals surface area contributed by atoms with Crippen LogP contribution in [0.1, 0.15) is 48.8 Å². The van der Waals surface area contributed by atoms with Gasteiger partial charge in [0, 0.05) is 17.1 Å². The normalized spacial score (nSPS) is 14.3. The van der Waals surface area contributed by atoms with Gasteiger partial charge >= 0.3 is 0 Å². The zero-order chi connectivity index (χ0) is 22.7. The summed E-state index contributed by atoms with van der Waals surface area (Å²) in [6.07, 6.45) is 5.79. The number of nitrogens with zero attached hydrogens (tertiary/aromatic N) is 1. The first-order valence-corrected chi connectivity index (χ1v) is 11.7. The maximum Gasteiger partial charge on any atom is 0.253 e. The standard InChI is InChI=1S/C26H31N3O2S/c1-17-13-19-15-20(25(30)27-23(19)14-18(17)2)16-29(21-9-5-4-6-10-21)26(32)28-22-11-7-8-12-24(22)31-3/h7-8,11-15,21H,4-6,9-10,16H2,1-3H3,(H,27,30)(H,28,32). The van der Waals surface area contributed by atoms with Crippen molar-refractivity contribution in [2.45, 2.75) is 58.5 Å². The van der Waals surface area contributed by atoms with Gasteiger partial charge in [0.15, 0.2) is 5.11 Å². The summed E-state index contributed by atoms with van der Waals surface area (Å²) in [5, 5.41) is 5.05. The largest absolute Gasteiger partial charge is 0.495 e. The van der Waals surface area contributed by atoms with Gasteiger partial charge in [-0.1, -0.05) is 31.4 Å². The van der Waals surface area contributed by atoms with E-state index in [1.54, 1.807) is 7.11 Å². The average molecular weight is 450 g/mol. The van der Waals surface area contributed by atoms with Crippen LogP contribution in [-0.4, -0.2) is 28.1 Å². The Morgan fingerprint density at radius 2 is 1.84 bits per heavy atom. The lowest BCUT2D eigenvalue weighted by atomic mass is 9.94. The van der Waals surface area contributed by atoms with Crippen LogP contribution in [0.5, 0.6) is 5.75 Å². The molecule has 0 bridgehead atoms. The highest BCUT2D eigenvalue weighted by atomic mass is 32.1. The van der Waals surface area contributed by atoms with Crippen LogP contribution in [0.4, 0.5) is 5.69 Å². The lowest BCUT2D eigenvalue weighted by Crippen LogP contribution is -2.44. The number of hydrogen-bond donors (Lipinski definition) is 2. The number of methoxy groups -OCH3 is 1. The predicted molar refractivity (Wildman–Crippen MR) is 136 cm³/mol. The van der Waals surface area contributed by atoms with Gasteiger partial charge in [-0.05, 0) is 85.8 Å². The minimum Gasteiger partial charge on any atom is -0.495 e. The van der Waals surface area contributed by atoms with E-state index in [2.05, 4.69) is 35.1 Å². The number of H-pyrrole nitrogens is 1. The molecule has 0 saturated heterocycles. The van der Waals surface area contributed by atoms with Crippen LogP contribution in [0.3, 0.4) is 0 Å². The molecule has 4 rings (SSSR count). The first-order valence-electron chi connectivity index (χ1n) is 11.3. The number of pyridine rings is 1. The summed E-state index contributed by atoms with van der Waals surface area (Å²) in [6, 6.07) is 14.3. The molecule has 32 heavy (non-hydrogen) atoms. The van der Waals surface area contributed by atoms with Gasteiger partial charge in [0.2, 0.25) is 0 Å². The van der Waals surface area contributed by atoms with E-state index in [4.69, 9.17) is 17.0 Å². The Labute approximate surface area is 194 Å². The van der Waals surface area contributed by atoms with Crippen molar-refractivity contribution in [1.29, 1.82) is 0 Å². The molecule has 168 valence electrons. The van der Waals surface area contributed by atoms with Crippen LogP contribution >= 0.6 is 12.2 Å². The SMILES string of the molecule is COc1ccccc1NC(=S)N(Cc1cc2cc(C)c(C)cc2[nH]c1=O)C1CCCCC1. The molecule has 1 aromatic heterocycles. The van der Waals surface area contributed by atoms with Crippen LogP contribution in [0, 0.1) is 13.8 Å². The molecule has 1 aliphatic rings. The first kappa shape index (κ1) is 22.3. The summed E-state index contributed by atoms with van der Waals surface area (Å²) < 4.78 is 5.48. The van der Waals surface area contributed by atoms with Crippen LogP contribution in [0.2, 0.25) is 0 Å². The first-order chi connectivity index (χ1) is 15.5. The highest BCUT2D eigenvalue weighted by molar-refractivity contribution is 7.80. The van der Waals surface area contributed by atoms with Crippen molar-refractivity contribution in [3.63, 3.8) is 0 Å². The number of rotatable bonds is 5. The zero-order valence-corrected chi connectivity index (χ0v) is 19.8. The fraction of sp³-hybridized carbons (Fsp3) is 0.385. The minimum absolute atomic E-state index is 0.0540. The number of anilines is 1. The van der Waals surface area contributed by atoms with Gasteiger partial charge < -0.3 is 19.9 Å². The number of aromatic amines is 1. The smallest absolute Gasteiger partial charge is 0.253 e. The minimum atomic E-state index is -0.0540. The number of aromatic nitrogens is 1. The van der Waals surface area contributed by atoms with E-state index in [-0.39, 0.29) is 5.56 Å². The van der Waals surface area contributed by atoms with E-state index in [0.717, 1.165) is 40.7 Å². The summed E-state index contributed by atoms with van der Waals surface area (Å²) in [7, 11) is 1.65. The van der Waals surface area contributed by atoms with Gasteiger partial charge in [-0.2, -0.15) is 0 Å². The Morgan fingerprint density at radius 3 is 2.59 bits per heavy atom. The third kappa shape index (κ3) is 4.80. The van der Waals surface area contributed by atoms with Crippen molar-refractivity contribution in [2.75, 3.05) is 12.4 Å². The molecule has 1 saturated carbocycles. The number of aryl methyl sites for hydroxylation is 2. The third-order valence-electron chi connectivity index (χ3n) is 6.50. The number of hydrogen-bond acceptors (Lipinski definition) is 3. The molecule has 1 heterocycles. The Morgan fingerprint density at radius 1 is 1.12 bits per heavy atom. The number of thiocarbonyl (C=S) groups is 1. The van der Waals surface area contributed by atoms with Crippen LogP contribution in [-0.2, 0) is 6.54 Å². The van der Waals surface area contributed by atoms with Gasteiger partial charge in [0.05, 0.1) is 19.3 Å². The Bertz CT molecular complexity index is 1180. The molecule has 0 amide bonds. The fourth-order valence-corrected chi connectivity index (χ4v) is 4.84. The molecule has 2 N–H and O–H groups in total. The topological polar surface area (TPSA) is 57.4 Å². The van der Waals surface area contributed by atoms with Gasteiger partial charge in [-0.25, -0.2) is 0 Å². The van der Waals surface area contributed by atoms with Crippen LogP contribution in [0.25, 0.3) is 10.9 Å². The van der Waals surface area contributed by atoms with Gasteiger partial charge in [0.25, 0.3) is 5.56 Å². The molecule has 1 fully saturated rings. The highest BCUT2D eigenvalue weighted by Gasteiger charge is 2.25. The fourth-order valence-electron chi connectivity index (χ4n) is 4.52. The molecule has 0 unspecified atom stereocenters. The summed E-state index contributed by atoms with van der Waals surface area (Å²) >= 11 is 5.87. The quantitative estimate of drug-likeness (QED) is 0.491. The predicted octanol–water partition coefficient (Wildman–Crippen LogP) is 5.69.